The predicted octanol–water partition coefficient (Wildman–Crippen LogP) is 5.95. The molecule has 0 saturated carbocycles. The van der Waals surface area contributed by atoms with Crippen LogP contribution in [0.25, 0.3) is 32.9 Å². The third-order valence-electron chi connectivity index (χ3n) is 3.98. The minimum Gasteiger partial charge on any atom is -0.248 e. The van der Waals surface area contributed by atoms with Crippen LogP contribution in [0.4, 0.5) is 0 Å². The second-order valence-electron chi connectivity index (χ2n) is 5.35. The number of rotatable bonds is 2. The molecule has 0 fully saturated rings. The van der Waals surface area contributed by atoms with E-state index in [4.69, 9.17) is 4.98 Å². The van der Waals surface area contributed by atoms with Gasteiger partial charge in [0.25, 0.3) is 0 Å². The summed E-state index contributed by atoms with van der Waals surface area (Å²) in [7, 11) is 0. The summed E-state index contributed by atoms with van der Waals surface area (Å²) in [5.41, 5.74) is 5.87. The van der Waals surface area contributed by atoms with E-state index in [9.17, 15) is 0 Å². The molecule has 0 aliphatic rings. The van der Waals surface area contributed by atoms with Crippen molar-refractivity contribution < 1.29 is 0 Å². The van der Waals surface area contributed by atoms with Gasteiger partial charge in [-0.05, 0) is 23.3 Å². The zero-order valence-electron chi connectivity index (χ0n) is 12.0. The van der Waals surface area contributed by atoms with Gasteiger partial charge in [-0.1, -0.05) is 76.6 Å². The van der Waals surface area contributed by atoms with Crippen LogP contribution in [0.15, 0.2) is 72.8 Å². The molecule has 0 aliphatic carbocycles. The van der Waals surface area contributed by atoms with E-state index in [1.807, 2.05) is 12.1 Å². The number of hydrogen-bond donors (Lipinski definition) is 0. The van der Waals surface area contributed by atoms with Crippen LogP contribution in [0.3, 0.4) is 0 Å². The number of nitrogens with zero attached hydrogens (tertiary/aromatic N) is 1. The SMILES string of the molecule is BrCc1ccc(-c2c3ccccc3nc3ccccc23)cc1. The second-order valence-corrected chi connectivity index (χ2v) is 5.91. The smallest absolute Gasteiger partial charge is 0.0715 e. The van der Waals surface area contributed by atoms with E-state index >= 15 is 0 Å². The lowest BCUT2D eigenvalue weighted by Crippen LogP contribution is -1.89. The van der Waals surface area contributed by atoms with Crippen LogP contribution < -0.4 is 0 Å². The first kappa shape index (κ1) is 13.5. The van der Waals surface area contributed by atoms with Gasteiger partial charge in [0.2, 0.25) is 0 Å². The van der Waals surface area contributed by atoms with Gasteiger partial charge < -0.3 is 0 Å². The molecule has 1 aromatic heterocycles. The van der Waals surface area contributed by atoms with E-state index in [0.717, 1.165) is 16.4 Å². The largest absolute Gasteiger partial charge is 0.248 e. The lowest BCUT2D eigenvalue weighted by Gasteiger charge is -2.11. The first-order chi connectivity index (χ1) is 10.9. The molecular formula is C20H14BrN. The highest BCUT2D eigenvalue weighted by Crippen LogP contribution is 2.34. The van der Waals surface area contributed by atoms with Crippen molar-refractivity contribution in [3.8, 4) is 11.1 Å². The fourth-order valence-corrected chi connectivity index (χ4v) is 3.29. The summed E-state index contributed by atoms with van der Waals surface area (Å²) in [5, 5.41) is 3.28. The van der Waals surface area contributed by atoms with E-state index in [-0.39, 0.29) is 0 Å². The molecule has 0 amide bonds. The minimum atomic E-state index is 0.880. The van der Waals surface area contributed by atoms with Crippen molar-refractivity contribution in [2.24, 2.45) is 0 Å². The number of halogens is 1. The third kappa shape index (κ3) is 2.20. The fourth-order valence-electron chi connectivity index (χ4n) is 2.91. The Morgan fingerprint density at radius 1 is 0.682 bits per heavy atom. The second kappa shape index (κ2) is 5.54. The number of alkyl halides is 1. The van der Waals surface area contributed by atoms with Crippen LogP contribution in [0.5, 0.6) is 0 Å². The molecule has 0 atom stereocenters. The van der Waals surface area contributed by atoms with E-state index in [1.54, 1.807) is 0 Å². The summed E-state index contributed by atoms with van der Waals surface area (Å²) in [6, 6.07) is 25.5. The van der Waals surface area contributed by atoms with Gasteiger partial charge in [-0.3, -0.25) is 0 Å². The molecule has 0 N–H and O–H groups in total. The molecular weight excluding hydrogens is 334 g/mol. The number of pyridine rings is 1. The number of para-hydroxylation sites is 2. The number of hydrogen-bond acceptors (Lipinski definition) is 1. The molecule has 22 heavy (non-hydrogen) atoms. The molecule has 1 nitrogen and oxygen atoms in total. The predicted molar refractivity (Wildman–Crippen MR) is 97.3 cm³/mol. The molecule has 0 aliphatic heterocycles. The molecule has 0 radical (unpaired) electrons. The van der Waals surface area contributed by atoms with Gasteiger partial charge in [-0.15, -0.1) is 0 Å². The summed E-state index contributed by atoms with van der Waals surface area (Å²) >= 11 is 3.51. The monoisotopic (exact) mass is 347 g/mol. The summed E-state index contributed by atoms with van der Waals surface area (Å²) in [6.45, 7) is 0. The Labute approximate surface area is 137 Å². The number of aromatic nitrogens is 1. The van der Waals surface area contributed by atoms with Crippen molar-refractivity contribution in [3.05, 3.63) is 78.4 Å². The van der Waals surface area contributed by atoms with E-state index in [1.165, 1.54) is 27.5 Å². The molecule has 2 heteroatoms. The highest BCUT2D eigenvalue weighted by molar-refractivity contribution is 9.08. The van der Waals surface area contributed by atoms with Gasteiger partial charge in [0.1, 0.15) is 0 Å². The maximum atomic E-state index is 4.79. The van der Waals surface area contributed by atoms with Gasteiger partial charge in [0.05, 0.1) is 11.0 Å². The normalized spacial score (nSPS) is 11.1. The van der Waals surface area contributed by atoms with E-state index in [2.05, 4.69) is 76.6 Å². The summed E-state index contributed by atoms with van der Waals surface area (Å²) in [5.74, 6) is 0. The Kier molecular flexibility index (Phi) is 3.39. The maximum absolute atomic E-state index is 4.79. The Balaban J connectivity index is 2.11. The molecule has 0 spiro atoms. The quantitative estimate of drug-likeness (QED) is 0.322. The molecule has 0 saturated heterocycles. The number of benzene rings is 3. The first-order valence-electron chi connectivity index (χ1n) is 7.29. The Hall–Kier alpha value is -2.19. The van der Waals surface area contributed by atoms with Crippen LogP contribution in [-0.4, -0.2) is 4.98 Å². The molecule has 0 unspecified atom stereocenters. The molecule has 1 heterocycles. The molecule has 106 valence electrons. The average molecular weight is 348 g/mol. The Bertz CT molecular complexity index is 904. The van der Waals surface area contributed by atoms with Gasteiger partial charge in [-0.2, -0.15) is 0 Å². The molecule has 0 bridgehead atoms. The summed E-state index contributed by atoms with van der Waals surface area (Å²) in [4.78, 5) is 4.79. The van der Waals surface area contributed by atoms with Crippen LogP contribution >= 0.6 is 15.9 Å². The standard InChI is InChI=1S/C20H14BrN/c21-13-14-9-11-15(12-10-14)20-16-5-1-3-7-18(16)22-19-8-4-2-6-17(19)20/h1-12H,13H2. The lowest BCUT2D eigenvalue weighted by molar-refractivity contribution is 1.44. The molecule has 4 rings (SSSR count). The summed E-state index contributed by atoms with van der Waals surface area (Å²) < 4.78 is 0. The van der Waals surface area contributed by atoms with Gasteiger partial charge in [0, 0.05) is 21.7 Å². The van der Waals surface area contributed by atoms with Crippen LogP contribution in [-0.2, 0) is 5.33 Å². The van der Waals surface area contributed by atoms with Gasteiger partial charge >= 0.3 is 0 Å². The van der Waals surface area contributed by atoms with E-state index in [0.29, 0.717) is 0 Å². The Morgan fingerprint density at radius 3 is 1.77 bits per heavy atom. The summed E-state index contributed by atoms with van der Waals surface area (Å²) in [6.07, 6.45) is 0. The van der Waals surface area contributed by atoms with Crippen molar-refractivity contribution in [1.29, 1.82) is 0 Å². The van der Waals surface area contributed by atoms with Crippen molar-refractivity contribution in [1.82, 2.24) is 4.98 Å². The average Bonchev–Trinajstić information content (AvgIpc) is 2.60. The first-order valence-corrected chi connectivity index (χ1v) is 8.42. The zero-order chi connectivity index (χ0) is 14.9. The van der Waals surface area contributed by atoms with Crippen molar-refractivity contribution in [2.45, 2.75) is 5.33 Å². The molecule has 4 aromatic rings. The lowest BCUT2D eigenvalue weighted by atomic mass is 9.95. The zero-order valence-corrected chi connectivity index (χ0v) is 13.5. The van der Waals surface area contributed by atoms with Gasteiger partial charge in [0.15, 0.2) is 0 Å². The van der Waals surface area contributed by atoms with Crippen LogP contribution in [0.1, 0.15) is 5.56 Å². The third-order valence-corrected chi connectivity index (χ3v) is 4.63. The van der Waals surface area contributed by atoms with Gasteiger partial charge in [-0.25, -0.2) is 4.98 Å². The van der Waals surface area contributed by atoms with Crippen LogP contribution in [0.2, 0.25) is 0 Å². The minimum absolute atomic E-state index is 0.880. The molecule has 3 aromatic carbocycles. The van der Waals surface area contributed by atoms with Crippen LogP contribution in [0, 0.1) is 0 Å². The van der Waals surface area contributed by atoms with Crippen molar-refractivity contribution in [3.63, 3.8) is 0 Å². The highest BCUT2D eigenvalue weighted by atomic mass is 79.9. The van der Waals surface area contributed by atoms with Crippen molar-refractivity contribution in [2.75, 3.05) is 0 Å². The van der Waals surface area contributed by atoms with Crippen molar-refractivity contribution >= 4 is 37.7 Å². The fraction of sp³-hybridized carbons (Fsp3) is 0.0500. The number of fused-ring (bicyclic) bond motifs is 2. The maximum Gasteiger partial charge on any atom is 0.0715 e. The highest BCUT2D eigenvalue weighted by Gasteiger charge is 2.10. The van der Waals surface area contributed by atoms with E-state index < -0.39 is 0 Å². The Morgan fingerprint density at radius 2 is 1.23 bits per heavy atom. The topological polar surface area (TPSA) is 12.9 Å².